The normalized spacial score (nSPS) is 10.2. The zero-order chi connectivity index (χ0) is 21.6. The van der Waals surface area contributed by atoms with Gasteiger partial charge in [-0.25, -0.2) is 9.59 Å². The van der Waals surface area contributed by atoms with Gasteiger partial charge in [-0.15, -0.1) is 0 Å². The number of amides is 1. The minimum absolute atomic E-state index is 0.297. The Morgan fingerprint density at radius 1 is 0.897 bits per heavy atom. The van der Waals surface area contributed by atoms with Crippen molar-refractivity contribution in [1.82, 2.24) is 0 Å². The molecule has 154 valence electrons. The number of ether oxygens (including phenoxy) is 3. The third-order valence-corrected chi connectivity index (χ3v) is 4.24. The summed E-state index contributed by atoms with van der Waals surface area (Å²) in [5.41, 5.74) is 4.46. The molecule has 2 aromatic carbocycles. The zero-order valence-electron chi connectivity index (χ0n) is 17.3. The Bertz CT molecular complexity index is 912. The lowest BCUT2D eigenvalue weighted by Crippen LogP contribution is -2.24. The first-order valence-electron chi connectivity index (χ1n) is 9.06. The Balaban J connectivity index is 1.88. The minimum atomic E-state index is -0.653. The highest BCUT2D eigenvalue weighted by molar-refractivity contribution is 5.96. The summed E-state index contributed by atoms with van der Waals surface area (Å²) in [4.78, 5) is 35.6. The van der Waals surface area contributed by atoms with Gasteiger partial charge in [-0.1, -0.05) is 23.8 Å². The SMILES string of the molecule is COC(=O)c1ccc(C)c(NC(=O)COC(=O)COc2c(C)cc(C)cc2C)c1. The molecular weight excluding hydrogens is 374 g/mol. The van der Waals surface area contributed by atoms with Crippen molar-refractivity contribution < 1.29 is 28.6 Å². The van der Waals surface area contributed by atoms with Crippen molar-refractivity contribution in [3.63, 3.8) is 0 Å². The van der Waals surface area contributed by atoms with Gasteiger partial charge in [0.2, 0.25) is 0 Å². The Morgan fingerprint density at radius 2 is 1.55 bits per heavy atom. The van der Waals surface area contributed by atoms with E-state index >= 15 is 0 Å². The van der Waals surface area contributed by atoms with E-state index in [4.69, 9.17) is 9.47 Å². The molecule has 7 heteroatoms. The van der Waals surface area contributed by atoms with Crippen molar-refractivity contribution in [2.24, 2.45) is 0 Å². The Morgan fingerprint density at radius 3 is 2.17 bits per heavy atom. The van der Waals surface area contributed by atoms with Crippen LogP contribution in [0, 0.1) is 27.7 Å². The van der Waals surface area contributed by atoms with E-state index in [9.17, 15) is 14.4 Å². The van der Waals surface area contributed by atoms with Crippen molar-refractivity contribution in [3.8, 4) is 5.75 Å². The van der Waals surface area contributed by atoms with Crippen LogP contribution in [0.5, 0.6) is 5.75 Å². The van der Waals surface area contributed by atoms with Crippen LogP contribution in [-0.4, -0.2) is 38.2 Å². The molecule has 0 radical (unpaired) electrons. The lowest BCUT2D eigenvalue weighted by atomic mass is 10.1. The smallest absolute Gasteiger partial charge is 0.344 e. The maximum absolute atomic E-state index is 12.1. The van der Waals surface area contributed by atoms with E-state index in [0.717, 1.165) is 22.3 Å². The van der Waals surface area contributed by atoms with Crippen LogP contribution in [0.25, 0.3) is 0 Å². The molecular formula is C22H25NO6. The minimum Gasteiger partial charge on any atom is -0.481 e. The van der Waals surface area contributed by atoms with E-state index in [-0.39, 0.29) is 6.61 Å². The van der Waals surface area contributed by atoms with Crippen LogP contribution < -0.4 is 10.1 Å². The quantitative estimate of drug-likeness (QED) is 0.719. The van der Waals surface area contributed by atoms with Crippen LogP contribution in [0.15, 0.2) is 30.3 Å². The van der Waals surface area contributed by atoms with Crippen molar-refractivity contribution in [3.05, 3.63) is 58.1 Å². The zero-order valence-corrected chi connectivity index (χ0v) is 17.3. The number of esters is 2. The molecule has 2 rings (SSSR count). The average molecular weight is 399 g/mol. The van der Waals surface area contributed by atoms with E-state index in [2.05, 4.69) is 10.1 Å². The van der Waals surface area contributed by atoms with E-state index in [0.29, 0.717) is 17.0 Å². The van der Waals surface area contributed by atoms with Gasteiger partial charge < -0.3 is 19.5 Å². The van der Waals surface area contributed by atoms with E-state index < -0.39 is 24.5 Å². The van der Waals surface area contributed by atoms with Crippen LogP contribution in [0.1, 0.15) is 32.6 Å². The van der Waals surface area contributed by atoms with E-state index in [1.54, 1.807) is 19.1 Å². The highest BCUT2D eigenvalue weighted by Crippen LogP contribution is 2.24. The van der Waals surface area contributed by atoms with Gasteiger partial charge in [-0.2, -0.15) is 0 Å². The first-order valence-corrected chi connectivity index (χ1v) is 9.06. The van der Waals surface area contributed by atoms with Crippen molar-refractivity contribution in [2.75, 3.05) is 25.6 Å². The third kappa shape index (κ3) is 6.07. The number of benzene rings is 2. The van der Waals surface area contributed by atoms with E-state index in [1.807, 2.05) is 32.9 Å². The number of carbonyl (C=O) groups excluding carboxylic acids is 3. The number of rotatable bonds is 7. The second-order valence-electron chi connectivity index (χ2n) is 6.75. The van der Waals surface area contributed by atoms with Gasteiger partial charge in [0.15, 0.2) is 13.2 Å². The van der Waals surface area contributed by atoms with E-state index in [1.165, 1.54) is 13.2 Å². The van der Waals surface area contributed by atoms with Gasteiger partial charge in [-0.3, -0.25) is 4.79 Å². The first-order chi connectivity index (χ1) is 13.7. The lowest BCUT2D eigenvalue weighted by Gasteiger charge is -2.13. The summed E-state index contributed by atoms with van der Waals surface area (Å²) in [5, 5.41) is 2.62. The van der Waals surface area contributed by atoms with Crippen LogP contribution in [-0.2, 0) is 19.1 Å². The van der Waals surface area contributed by atoms with Crippen molar-refractivity contribution in [2.45, 2.75) is 27.7 Å². The van der Waals surface area contributed by atoms with Crippen LogP contribution in [0.3, 0.4) is 0 Å². The first kappa shape index (κ1) is 21.9. The maximum atomic E-state index is 12.1. The summed E-state index contributed by atoms with van der Waals surface area (Å²) in [6.45, 7) is 6.81. The Hall–Kier alpha value is -3.35. The standard InChI is InChI=1S/C22H25NO6/c1-13-8-15(3)21(16(4)9-13)29-12-20(25)28-11-19(24)23-18-10-17(22(26)27-5)7-6-14(18)2/h6-10H,11-12H2,1-5H3,(H,23,24). The summed E-state index contributed by atoms with van der Waals surface area (Å²) in [6.07, 6.45) is 0. The molecule has 0 saturated carbocycles. The molecule has 0 aromatic heterocycles. The van der Waals surface area contributed by atoms with Crippen LogP contribution in [0.4, 0.5) is 5.69 Å². The fraction of sp³-hybridized carbons (Fsp3) is 0.318. The number of anilines is 1. The Labute approximate surface area is 170 Å². The predicted octanol–water partition coefficient (Wildman–Crippen LogP) is 3.27. The molecule has 0 fully saturated rings. The fourth-order valence-corrected chi connectivity index (χ4v) is 2.90. The lowest BCUT2D eigenvalue weighted by molar-refractivity contribution is -0.149. The average Bonchev–Trinajstić information content (AvgIpc) is 2.66. The van der Waals surface area contributed by atoms with Gasteiger partial charge in [-0.05, 0) is 56.5 Å². The van der Waals surface area contributed by atoms with Gasteiger partial charge in [0, 0.05) is 5.69 Å². The fourth-order valence-electron chi connectivity index (χ4n) is 2.90. The second kappa shape index (κ2) is 9.73. The highest BCUT2D eigenvalue weighted by Gasteiger charge is 2.13. The molecule has 7 nitrogen and oxygen atoms in total. The molecule has 0 aliphatic carbocycles. The predicted molar refractivity (Wildman–Crippen MR) is 108 cm³/mol. The van der Waals surface area contributed by atoms with Crippen molar-refractivity contribution >= 4 is 23.5 Å². The molecule has 0 spiro atoms. The molecule has 0 saturated heterocycles. The molecule has 0 unspecified atom stereocenters. The van der Waals surface area contributed by atoms with Crippen LogP contribution in [0.2, 0.25) is 0 Å². The maximum Gasteiger partial charge on any atom is 0.344 e. The topological polar surface area (TPSA) is 90.9 Å². The summed E-state index contributed by atoms with van der Waals surface area (Å²) in [7, 11) is 1.28. The van der Waals surface area contributed by atoms with Gasteiger partial charge in [0.1, 0.15) is 5.75 Å². The summed E-state index contributed by atoms with van der Waals surface area (Å²) >= 11 is 0. The number of aryl methyl sites for hydroxylation is 4. The largest absolute Gasteiger partial charge is 0.481 e. The summed E-state index contributed by atoms with van der Waals surface area (Å²) in [5.74, 6) is -1.05. The molecule has 1 amide bonds. The molecule has 0 heterocycles. The number of methoxy groups -OCH3 is 1. The monoisotopic (exact) mass is 399 g/mol. The van der Waals surface area contributed by atoms with Gasteiger partial charge in [0.05, 0.1) is 12.7 Å². The molecule has 0 aliphatic rings. The molecule has 0 aliphatic heterocycles. The molecule has 1 N–H and O–H groups in total. The number of hydrogen-bond acceptors (Lipinski definition) is 6. The summed E-state index contributed by atoms with van der Waals surface area (Å²) < 4.78 is 15.2. The molecule has 29 heavy (non-hydrogen) atoms. The molecule has 2 aromatic rings. The number of nitrogens with one attached hydrogen (secondary N) is 1. The number of carbonyl (C=O) groups is 3. The van der Waals surface area contributed by atoms with Gasteiger partial charge >= 0.3 is 11.9 Å². The molecule has 0 bridgehead atoms. The third-order valence-electron chi connectivity index (χ3n) is 4.24. The van der Waals surface area contributed by atoms with Crippen molar-refractivity contribution in [1.29, 1.82) is 0 Å². The van der Waals surface area contributed by atoms with Crippen LogP contribution >= 0.6 is 0 Å². The number of hydrogen-bond donors (Lipinski definition) is 1. The Kier molecular flexibility index (Phi) is 7.36. The van der Waals surface area contributed by atoms with Gasteiger partial charge in [0.25, 0.3) is 5.91 Å². The molecule has 0 atom stereocenters. The second-order valence-corrected chi connectivity index (χ2v) is 6.75. The summed E-state index contributed by atoms with van der Waals surface area (Å²) in [6, 6.07) is 8.72. The highest BCUT2D eigenvalue weighted by atomic mass is 16.6.